The Balaban J connectivity index is 0. The van der Waals surface area contributed by atoms with E-state index in [1.807, 2.05) is 6.08 Å². The van der Waals surface area contributed by atoms with Crippen LogP contribution in [0, 0.1) is 5.92 Å². The molecule has 0 aromatic carbocycles. The quantitative estimate of drug-likeness (QED) is 0.253. The summed E-state index contributed by atoms with van der Waals surface area (Å²) in [5, 5.41) is 0. The van der Waals surface area contributed by atoms with Gasteiger partial charge in [0.05, 0.1) is 0 Å². The van der Waals surface area contributed by atoms with E-state index in [4.69, 9.17) is 0 Å². The summed E-state index contributed by atoms with van der Waals surface area (Å²) in [4.78, 5) is 0. The maximum atomic E-state index is 3.48. The molecule has 19 heavy (non-hydrogen) atoms. The maximum absolute atomic E-state index is 3.48. The molecule has 0 spiro atoms. The summed E-state index contributed by atoms with van der Waals surface area (Å²) in [6.45, 7) is 12.5. The molecule has 0 rings (SSSR count). The predicted molar refractivity (Wildman–Crippen MR) is 91.8 cm³/mol. The minimum absolute atomic E-state index is 1.02. The number of unbranched alkanes of at least 4 members (excludes halogenated alkanes) is 6. The van der Waals surface area contributed by atoms with Crippen LogP contribution in [-0.4, -0.2) is 0 Å². The Kier molecular flexibility index (Phi) is 22.2. The molecule has 0 aliphatic heterocycles. The van der Waals surface area contributed by atoms with Crippen molar-refractivity contribution in [1.82, 2.24) is 0 Å². The summed E-state index contributed by atoms with van der Waals surface area (Å²) in [5.41, 5.74) is 0. The van der Waals surface area contributed by atoms with E-state index in [-0.39, 0.29) is 0 Å². The van der Waals surface area contributed by atoms with Crippen molar-refractivity contribution in [3.8, 4) is 0 Å². The summed E-state index contributed by atoms with van der Waals surface area (Å²) in [5.74, 6) is 1.02. The predicted octanol–water partition coefficient (Wildman–Crippen LogP) is 7.54. The van der Waals surface area contributed by atoms with Crippen molar-refractivity contribution in [3.05, 3.63) is 12.7 Å². The van der Waals surface area contributed by atoms with E-state index in [1.54, 1.807) is 0 Å². The molecule has 0 bridgehead atoms. The minimum atomic E-state index is 1.02. The van der Waals surface area contributed by atoms with Crippen molar-refractivity contribution in [1.29, 1.82) is 0 Å². The zero-order valence-electron chi connectivity index (χ0n) is 14.3. The van der Waals surface area contributed by atoms with Gasteiger partial charge in [-0.1, -0.05) is 104 Å². The normalized spacial score (nSPS) is 11.6. The van der Waals surface area contributed by atoms with Gasteiger partial charge in [0.2, 0.25) is 0 Å². The van der Waals surface area contributed by atoms with Gasteiger partial charge in [-0.3, -0.25) is 0 Å². The highest BCUT2D eigenvalue weighted by Gasteiger charge is 2.03. The van der Waals surface area contributed by atoms with E-state index >= 15 is 0 Å². The highest BCUT2D eigenvalue weighted by molar-refractivity contribution is 4.60. The topological polar surface area (TPSA) is 0 Å². The Morgan fingerprint density at radius 3 is 1.68 bits per heavy atom. The molecule has 0 radical (unpaired) electrons. The largest absolute Gasteiger partial charge is 0.103 e. The molecule has 0 heterocycles. The zero-order chi connectivity index (χ0) is 14.8. The third-order valence-electron chi connectivity index (χ3n) is 3.78. The van der Waals surface area contributed by atoms with Gasteiger partial charge in [0.25, 0.3) is 0 Å². The summed E-state index contributed by atoms with van der Waals surface area (Å²) < 4.78 is 0. The van der Waals surface area contributed by atoms with Gasteiger partial charge in [-0.2, -0.15) is 0 Å². The molecule has 0 amide bonds. The average molecular weight is 269 g/mol. The Morgan fingerprint density at radius 1 is 0.737 bits per heavy atom. The highest BCUT2D eigenvalue weighted by atomic mass is 14.1. The van der Waals surface area contributed by atoms with Crippen molar-refractivity contribution < 1.29 is 0 Å². The van der Waals surface area contributed by atoms with Crippen LogP contribution in [0.4, 0.5) is 0 Å². The van der Waals surface area contributed by atoms with Gasteiger partial charge in [-0.05, 0) is 12.3 Å². The molecule has 0 aliphatic carbocycles. The van der Waals surface area contributed by atoms with Crippen LogP contribution in [0.2, 0.25) is 0 Å². The van der Waals surface area contributed by atoms with Gasteiger partial charge in [0.1, 0.15) is 0 Å². The number of hydrogen-bond acceptors (Lipinski definition) is 0. The first-order valence-electron chi connectivity index (χ1n) is 8.87. The zero-order valence-corrected chi connectivity index (χ0v) is 14.3. The van der Waals surface area contributed by atoms with E-state index in [2.05, 4.69) is 34.3 Å². The molecule has 0 aromatic rings. The van der Waals surface area contributed by atoms with Gasteiger partial charge in [-0.15, -0.1) is 6.58 Å². The Morgan fingerprint density at radius 2 is 1.26 bits per heavy atom. The van der Waals surface area contributed by atoms with E-state index in [9.17, 15) is 0 Å². The van der Waals surface area contributed by atoms with E-state index in [1.165, 1.54) is 70.6 Å². The molecule has 1 atom stereocenters. The smallest absolute Gasteiger partial charge is 0.0382 e. The molecule has 0 aliphatic rings. The van der Waals surface area contributed by atoms with Crippen molar-refractivity contribution >= 4 is 0 Å². The molecule has 116 valence electrons. The Bertz CT molecular complexity index is 148. The second-order valence-electron chi connectivity index (χ2n) is 5.67. The first kappa shape index (κ1) is 21.0. The average Bonchev–Trinajstić information content (AvgIpc) is 2.45. The summed E-state index contributed by atoms with van der Waals surface area (Å²) in [6, 6.07) is 0. The molecule has 0 nitrogen and oxygen atoms in total. The molecule has 0 saturated carbocycles. The van der Waals surface area contributed by atoms with E-state index in [0.717, 1.165) is 12.3 Å². The minimum Gasteiger partial charge on any atom is -0.103 e. The molecule has 0 fully saturated rings. The van der Waals surface area contributed by atoms with E-state index in [0.29, 0.717) is 0 Å². The third-order valence-corrected chi connectivity index (χ3v) is 3.78. The lowest BCUT2D eigenvalue weighted by Crippen LogP contribution is -1.97. The second kappa shape index (κ2) is 20.1. The van der Waals surface area contributed by atoms with Crippen LogP contribution >= 0.6 is 0 Å². The molecule has 1 unspecified atom stereocenters. The number of rotatable bonds is 12. The fraction of sp³-hybridized carbons (Fsp3) is 0.895. The Hall–Kier alpha value is -0.260. The third kappa shape index (κ3) is 20.2. The van der Waals surface area contributed by atoms with Crippen LogP contribution in [0.5, 0.6) is 0 Å². The van der Waals surface area contributed by atoms with Crippen molar-refractivity contribution in [2.75, 3.05) is 0 Å². The van der Waals surface area contributed by atoms with Crippen LogP contribution in [0.1, 0.15) is 105 Å². The molecule has 0 heteroatoms. The second-order valence-corrected chi connectivity index (χ2v) is 5.67. The van der Waals surface area contributed by atoms with Gasteiger partial charge >= 0.3 is 0 Å². The fourth-order valence-electron chi connectivity index (χ4n) is 2.35. The molecular formula is C19H40. The van der Waals surface area contributed by atoms with E-state index < -0.39 is 0 Å². The lowest BCUT2D eigenvalue weighted by atomic mass is 9.94. The fourth-order valence-corrected chi connectivity index (χ4v) is 2.35. The van der Waals surface area contributed by atoms with Crippen LogP contribution in [0.3, 0.4) is 0 Å². The van der Waals surface area contributed by atoms with Gasteiger partial charge in [0.15, 0.2) is 0 Å². The standard InChI is InChI=1S/C15H32.C4H8/c1-4-7-8-9-10-11-12-14-15(6-3)13-5-2;1-3-4-2/h15H,4-14H2,1-3H3;3H,1,4H2,2H3. The Labute approximate surface area is 124 Å². The molecule has 0 saturated heterocycles. The van der Waals surface area contributed by atoms with Crippen LogP contribution in [0.15, 0.2) is 12.7 Å². The summed E-state index contributed by atoms with van der Waals surface area (Å²) in [6.07, 6.45) is 18.8. The van der Waals surface area contributed by atoms with Crippen molar-refractivity contribution in [2.45, 2.75) is 105 Å². The lowest BCUT2D eigenvalue weighted by Gasteiger charge is -2.12. The first-order chi connectivity index (χ1) is 9.26. The molecular weight excluding hydrogens is 228 g/mol. The number of hydrogen-bond donors (Lipinski definition) is 0. The van der Waals surface area contributed by atoms with Crippen molar-refractivity contribution in [3.63, 3.8) is 0 Å². The summed E-state index contributed by atoms with van der Waals surface area (Å²) in [7, 11) is 0. The maximum Gasteiger partial charge on any atom is -0.0382 e. The van der Waals surface area contributed by atoms with Crippen LogP contribution < -0.4 is 0 Å². The van der Waals surface area contributed by atoms with Gasteiger partial charge in [-0.25, -0.2) is 0 Å². The monoisotopic (exact) mass is 268 g/mol. The SMILES string of the molecule is C=CCC.CCCCCCCCCC(CC)CCC. The molecule has 0 aromatic heterocycles. The summed E-state index contributed by atoms with van der Waals surface area (Å²) >= 11 is 0. The van der Waals surface area contributed by atoms with Crippen molar-refractivity contribution in [2.24, 2.45) is 5.92 Å². The molecule has 0 N–H and O–H groups in total. The van der Waals surface area contributed by atoms with Gasteiger partial charge < -0.3 is 0 Å². The van der Waals surface area contributed by atoms with Crippen LogP contribution in [0.25, 0.3) is 0 Å². The lowest BCUT2D eigenvalue weighted by molar-refractivity contribution is 0.408. The number of allylic oxidation sites excluding steroid dienone is 1. The highest BCUT2D eigenvalue weighted by Crippen LogP contribution is 2.19. The van der Waals surface area contributed by atoms with Gasteiger partial charge in [0, 0.05) is 0 Å². The first-order valence-corrected chi connectivity index (χ1v) is 8.87. The van der Waals surface area contributed by atoms with Crippen LogP contribution in [-0.2, 0) is 0 Å².